The highest BCUT2D eigenvalue weighted by Crippen LogP contribution is 2.18. The number of allylic oxidation sites excluding steroid dienone is 1. The second-order valence-electron chi connectivity index (χ2n) is 5.25. The predicted molar refractivity (Wildman–Crippen MR) is 65.4 cm³/mol. The number of rotatable bonds is 0. The smallest absolute Gasteiger partial charge is 0.410 e. The molecule has 1 saturated heterocycles. The minimum atomic E-state index is -0.450. The molecule has 1 aliphatic rings. The number of carbonyl (C=O) groups excluding carboxylic acids is 1. The van der Waals surface area contributed by atoms with Crippen LogP contribution in [0.4, 0.5) is 4.79 Å². The first kappa shape index (κ1) is 13.6. The van der Waals surface area contributed by atoms with Crippen LogP contribution in [0.1, 0.15) is 40.0 Å². The summed E-state index contributed by atoms with van der Waals surface area (Å²) in [5, 5.41) is 8.61. The number of amides is 1. The van der Waals surface area contributed by atoms with Gasteiger partial charge in [0.25, 0.3) is 0 Å². The fourth-order valence-corrected chi connectivity index (χ4v) is 1.76. The first-order valence-corrected chi connectivity index (χ1v) is 5.98. The molecule has 0 aromatic carbocycles. The maximum atomic E-state index is 11.9. The Bertz CT molecular complexity index is 347. The topological polar surface area (TPSA) is 53.3 Å². The van der Waals surface area contributed by atoms with Crippen molar-refractivity contribution in [1.82, 2.24) is 4.90 Å². The lowest BCUT2D eigenvalue weighted by Crippen LogP contribution is -2.37. The van der Waals surface area contributed by atoms with Crippen LogP contribution < -0.4 is 0 Å². The molecule has 0 saturated carbocycles. The zero-order valence-electron chi connectivity index (χ0n) is 10.8. The molecule has 0 unspecified atom stereocenters. The van der Waals surface area contributed by atoms with Crippen molar-refractivity contribution in [2.45, 2.75) is 45.6 Å². The van der Waals surface area contributed by atoms with Gasteiger partial charge in [-0.25, -0.2) is 4.79 Å². The number of hydrogen-bond donors (Lipinski definition) is 0. The third kappa shape index (κ3) is 4.90. The molecule has 0 aliphatic carbocycles. The van der Waals surface area contributed by atoms with Crippen molar-refractivity contribution in [2.24, 2.45) is 0 Å². The molecular formula is C13H20N2O2. The standard InChI is InChI=1S/C13H20N2O2/c1-13(2,3)17-12(16)15-9-4-5-11(6-8-14)7-10-15/h6H,4-5,7,9-10H2,1-3H3/b11-6+. The summed E-state index contributed by atoms with van der Waals surface area (Å²) >= 11 is 0. The molecule has 0 aromatic heterocycles. The lowest BCUT2D eigenvalue weighted by Gasteiger charge is -2.26. The molecule has 4 heteroatoms. The Morgan fingerprint density at radius 2 is 2.12 bits per heavy atom. The van der Waals surface area contributed by atoms with Gasteiger partial charge >= 0.3 is 6.09 Å². The number of likely N-dealkylation sites (tertiary alicyclic amines) is 1. The van der Waals surface area contributed by atoms with Crippen molar-refractivity contribution in [1.29, 1.82) is 5.26 Å². The van der Waals surface area contributed by atoms with Crippen LogP contribution in [0.25, 0.3) is 0 Å². The van der Waals surface area contributed by atoms with Crippen molar-refractivity contribution in [3.8, 4) is 6.07 Å². The molecule has 4 nitrogen and oxygen atoms in total. The van der Waals surface area contributed by atoms with Gasteiger partial charge in [0.2, 0.25) is 0 Å². The molecular weight excluding hydrogens is 216 g/mol. The van der Waals surface area contributed by atoms with Gasteiger partial charge in [0.05, 0.1) is 6.07 Å². The lowest BCUT2D eigenvalue weighted by molar-refractivity contribution is 0.0258. The highest BCUT2D eigenvalue weighted by atomic mass is 16.6. The van der Waals surface area contributed by atoms with Crippen LogP contribution in [0.5, 0.6) is 0 Å². The molecule has 1 aliphatic heterocycles. The maximum Gasteiger partial charge on any atom is 0.410 e. The first-order chi connectivity index (χ1) is 7.92. The summed E-state index contributed by atoms with van der Waals surface area (Å²) in [4.78, 5) is 13.6. The molecule has 1 amide bonds. The summed E-state index contributed by atoms with van der Waals surface area (Å²) in [6, 6.07) is 2.05. The first-order valence-electron chi connectivity index (χ1n) is 5.98. The molecule has 0 radical (unpaired) electrons. The van der Waals surface area contributed by atoms with Crippen molar-refractivity contribution < 1.29 is 9.53 Å². The van der Waals surface area contributed by atoms with E-state index in [0.29, 0.717) is 13.1 Å². The summed E-state index contributed by atoms with van der Waals surface area (Å²) in [5.41, 5.74) is 0.674. The van der Waals surface area contributed by atoms with Crippen LogP contribution in [-0.2, 0) is 4.74 Å². The van der Waals surface area contributed by atoms with E-state index in [2.05, 4.69) is 6.07 Å². The highest BCUT2D eigenvalue weighted by Gasteiger charge is 2.23. The van der Waals surface area contributed by atoms with E-state index >= 15 is 0 Å². The molecule has 0 N–H and O–H groups in total. The van der Waals surface area contributed by atoms with E-state index in [1.807, 2.05) is 20.8 Å². The van der Waals surface area contributed by atoms with Gasteiger partial charge in [0.15, 0.2) is 0 Å². The molecule has 1 fully saturated rings. The molecule has 0 spiro atoms. The number of nitriles is 1. The van der Waals surface area contributed by atoms with E-state index in [9.17, 15) is 4.79 Å². The zero-order valence-corrected chi connectivity index (χ0v) is 10.8. The Kier molecular flexibility index (Phi) is 4.56. The van der Waals surface area contributed by atoms with Gasteiger partial charge in [-0.1, -0.05) is 5.57 Å². The van der Waals surface area contributed by atoms with Crippen LogP contribution in [0, 0.1) is 11.3 Å². The SMILES string of the molecule is CC(C)(C)OC(=O)N1CCC/C(=C\C#N)CC1. The maximum absolute atomic E-state index is 11.9. The Hall–Kier alpha value is -1.50. The average molecular weight is 236 g/mol. The Morgan fingerprint density at radius 1 is 1.41 bits per heavy atom. The van der Waals surface area contributed by atoms with E-state index < -0.39 is 5.60 Å². The third-order valence-corrected chi connectivity index (χ3v) is 2.55. The lowest BCUT2D eigenvalue weighted by atomic mass is 10.1. The molecule has 94 valence electrons. The second-order valence-corrected chi connectivity index (χ2v) is 5.25. The van der Waals surface area contributed by atoms with E-state index in [1.54, 1.807) is 11.0 Å². The summed E-state index contributed by atoms with van der Waals surface area (Å²) in [7, 11) is 0. The number of hydrogen-bond acceptors (Lipinski definition) is 3. The normalized spacial score (nSPS) is 19.6. The summed E-state index contributed by atoms with van der Waals surface area (Å²) in [6.45, 7) is 6.94. The summed E-state index contributed by atoms with van der Waals surface area (Å²) in [6.07, 6.45) is 3.90. The fourth-order valence-electron chi connectivity index (χ4n) is 1.76. The molecule has 1 heterocycles. The van der Waals surface area contributed by atoms with E-state index in [0.717, 1.165) is 24.8 Å². The number of nitrogens with zero attached hydrogens (tertiary/aromatic N) is 2. The minimum Gasteiger partial charge on any atom is -0.444 e. The molecule has 0 atom stereocenters. The van der Waals surface area contributed by atoms with Gasteiger partial charge in [-0.3, -0.25) is 0 Å². The Morgan fingerprint density at radius 3 is 2.71 bits per heavy atom. The number of ether oxygens (including phenoxy) is 1. The Balaban J connectivity index is 2.55. The van der Waals surface area contributed by atoms with Crippen molar-refractivity contribution >= 4 is 6.09 Å². The minimum absolute atomic E-state index is 0.254. The van der Waals surface area contributed by atoms with E-state index in [-0.39, 0.29) is 6.09 Å². The largest absolute Gasteiger partial charge is 0.444 e. The van der Waals surface area contributed by atoms with Gasteiger partial charge in [-0.05, 0) is 40.0 Å². The fraction of sp³-hybridized carbons (Fsp3) is 0.692. The van der Waals surface area contributed by atoms with Crippen molar-refractivity contribution in [3.05, 3.63) is 11.6 Å². The van der Waals surface area contributed by atoms with Crippen LogP contribution in [0.15, 0.2) is 11.6 Å². The van der Waals surface area contributed by atoms with E-state index in [4.69, 9.17) is 10.00 Å². The van der Waals surface area contributed by atoms with Crippen LogP contribution >= 0.6 is 0 Å². The molecule has 0 aromatic rings. The van der Waals surface area contributed by atoms with Crippen LogP contribution in [0.3, 0.4) is 0 Å². The number of carbonyl (C=O) groups is 1. The van der Waals surface area contributed by atoms with Gasteiger partial charge < -0.3 is 9.64 Å². The molecule has 1 rings (SSSR count). The van der Waals surface area contributed by atoms with Crippen LogP contribution in [-0.4, -0.2) is 29.7 Å². The highest BCUT2D eigenvalue weighted by molar-refractivity contribution is 5.68. The van der Waals surface area contributed by atoms with Crippen molar-refractivity contribution in [2.75, 3.05) is 13.1 Å². The van der Waals surface area contributed by atoms with E-state index in [1.165, 1.54) is 0 Å². The van der Waals surface area contributed by atoms with Gasteiger partial charge in [0, 0.05) is 19.2 Å². The van der Waals surface area contributed by atoms with Gasteiger partial charge in [0.1, 0.15) is 5.60 Å². The quantitative estimate of drug-likeness (QED) is 0.608. The third-order valence-electron chi connectivity index (χ3n) is 2.55. The summed E-state index contributed by atoms with van der Waals surface area (Å²) < 4.78 is 5.33. The molecule has 0 bridgehead atoms. The van der Waals surface area contributed by atoms with Gasteiger partial charge in [-0.2, -0.15) is 5.26 Å². The summed E-state index contributed by atoms with van der Waals surface area (Å²) in [5.74, 6) is 0. The van der Waals surface area contributed by atoms with Crippen LogP contribution in [0.2, 0.25) is 0 Å². The average Bonchev–Trinajstić information content (AvgIpc) is 2.41. The zero-order chi connectivity index (χ0) is 12.9. The molecule has 17 heavy (non-hydrogen) atoms. The van der Waals surface area contributed by atoms with Gasteiger partial charge in [-0.15, -0.1) is 0 Å². The predicted octanol–water partition coefficient (Wildman–Crippen LogP) is 2.86. The Labute approximate surface area is 103 Å². The second kappa shape index (κ2) is 5.72. The monoisotopic (exact) mass is 236 g/mol. The van der Waals surface area contributed by atoms with Crippen molar-refractivity contribution in [3.63, 3.8) is 0 Å².